The first-order valence-corrected chi connectivity index (χ1v) is 15.1. The molecule has 37 heavy (non-hydrogen) atoms. The molecule has 6 aliphatic rings. The Kier molecular flexibility index (Phi) is 5.82. The third-order valence-electron chi connectivity index (χ3n) is 13.8. The monoisotopic (exact) mass is 516 g/mol. The molecule has 0 aromatic heterocycles. The molecule has 0 bridgehead atoms. The molecule has 0 aromatic rings. The van der Waals surface area contributed by atoms with Crippen LogP contribution in [0.3, 0.4) is 0 Å². The van der Waals surface area contributed by atoms with Gasteiger partial charge in [-0.3, -0.25) is 0 Å². The summed E-state index contributed by atoms with van der Waals surface area (Å²) in [7, 11) is 0. The zero-order valence-corrected chi connectivity index (χ0v) is 24.3. The Hall–Kier alpha value is -0.460. The van der Waals surface area contributed by atoms with E-state index in [1.54, 1.807) is 5.57 Å². The number of fused-ring (bicyclic) bond motifs is 6. The highest BCUT2D eigenvalue weighted by molar-refractivity contribution is 5.36. The summed E-state index contributed by atoms with van der Waals surface area (Å²) >= 11 is 0. The predicted octanol–water partition coefficient (Wildman–Crippen LogP) is 5.46. The lowest BCUT2D eigenvalue weighted by Gasteiger charge is -2.73. The summed E-state index contributed by atoms with van der Waals surface area (Å²) < 4.78 is 12.5. The first-order valence-electron chi connectivity index (χ1n) is 15.1. The van der Waals surface area contributed by atoms with E-state index >= 15 is 0 Å². The van der Waals surface area contributed by atoms with Gasteiger partial charge in [0.05, 0.1) is 36.9 Å². The van der Waals surface area contributed by atoms with Crippen LogP contribution in [0.25, 0.3) is 0 Å². The fourth-order valence-corrected chi connectivity index (χ4v) is 11.6. The topological polar surface area (TPSA) is 79.2 Å². The van der Waals surface area contributed by atoms with Crippen LogP contribution in [0.1, 0.15) is 99.8 Å². The molecule has 0 radical (unpaired) electrons. The minimum atomic E-state index is -0.590. The van der Waals surface area contributed by atoms with Gasteiger partial charge in [0.1, 0.15) is 0 Å². The molecule has 3 N–H and O–H groups in total. The van der Waals surface area contributed by atoms with Gasteiger partial charge in [-0.05, 0) is 96.2 Å². The normalized spacial score (nSPS) is 56.1. The molecule has 11 unspecified atom stereocenters. The van der Waals surface area contributed by atoms with Crippen molar-refractivity contribution in [3.63, 3.8) is 0 Å². The van der Waals surface area contributed by atoms with Crippen LogP contribution < -0.4 is 0 Å². The number of ether oxygens (including phenoxy) is 2. The van der Waals surface area contributed by atoms with Crippen molar-refractivity contribution in [2.75, 3.05) is 13.2 Å². The second-order valence-corrected chi connectivity index (χ2v) is 16.2. The second kappa shape index (κ2) is 8.06. The Bertz CT molecular complexity index is 972. The molecule has 4 saturated carbocycles. The number of hydrogen-bond acceptors (Lipinski definition) is 5. The van der Waals surface area contributed by atoms with E-state index in [2.05, 4.69) is 54.5 Å². The summed E-state index contributed by atoms with van der Waals surface area (Å²) in [6.07, 6.45) is 9.27. The quantitative estimate of drug-likeness (QED) is 0.403. The summed E-state index contributed by atoms with van der Waals surface area (Å²) in [5.41, 5.74) is 1.38. The molecule has 1 spiro atoms. The number of hydrogen-bond donors (Lipinski definition) is 3. The van der Waals surface area contributed by atoms with Crippen molar-refractivity contribution in [2.24, 2.45) is 50.2 Å². The SMILES string of the molecule is CC1(C)CC2OC(CO)OCC23C(O)CC2(C)C(=CCC4C5(C)CCC(O)C(C)(C)C5CCC42C)C3C1. The zero-order valence-electron chi connectivity index (χ0n) is 24.3. The standard InChI is InChI=1S/C32H52O5/c1-27(2)14-20-19-8-9-22-29(5)12-11-23(34)28(3,4)21(29)10-13-30(22,6)31(19,7)15-24(35)32(20)18-36-26(17-33)37-25(32)16-27/h8,20-26,33-35H,9-18H2,1-7H3. The van der Waals surface area contributed by atoms with E-state index in [1.165, 1.54) is 0 Å². The van der Waals surface area contributed by atoms with Crippen LogP contribution in [0.4, 0.5) is 0 Å². The van der Waals surface area contributed by atoms with E-state index < -0.39 is 17.8 Å². The maximum absolute atomic E-state index is 12.2. The highest BCUT2D eigenvalue weighted by Crippen LogP contribution is 2.76. The van der Waals surface area contributed by atoms with Crippen LogP contribution in [0, 0.1) is 50.2 Å². The molecule has 210 valence electrons. The zero-order chi connectivity index (χ0) is 26.8. The Balaban J connectivity index is 1.44. The summed E-state index contributed by atoms with van der Waals surface area (Å²) in [6, 6.07) is 0. The number of aliphatic hydroxyl groups excluding tert-OH is 3. The van der Waals surface area contributed by atoms with Crippen LogP contribution in [0.15, 0.2) is 11.6 Å². The first kappa shape index (κ1) is 26.7. The van der Waals surface area contributed by atoms with Crippen LogP contribution in [0.5, 0.6) is 0 Å². The van der Waals surface area contributed by atoms with Gasteiger partial charge in [-0.15, -0.1) is 0 Å². The molecule has 5 nitrogen and oxygen atoms in total. The van der Waals surface area contributed by atoms with Gasteiger partial charge >= 0.3 is 0 Å². The van der Waals surface area contributed by atoms with Crippen molar-refractivity contribution in [2.45, 2.75) is 124 Å². The average molecular weight is 517 g/mol. The summed E-state index contributed by atoms with van der Waals surface area (Å²) in [4.78, 5) is 0. The van der Waals surface area contributed by atoms with Gasteiger partial charge in [0.2, 0.25) is 0 Å². The molecule has 11 atom stereocenters. The van der Waals surface area contributed by atoms with Crippen LogP contribution >= 0.6 is 0 Å². The summed E-state index contributed by atoms with van der Waals surface area (Å²) in [5, 5.41) is 32.9. The fraction of sp³-hybridized carbons (Fsp3) is 0.938. The largest absolute Gasteiger partial charge is 0.393 e. The van der Waals surface area contributed by atoms with Gasteiger partial charge in [-0.2, -0.15) is 0 Å². The number of allylic oxidation sites excluding steroid dienone is 2. The van der Waals surface area contributed by atoms with Crippen molar-refractivity contribution in [3.05, 3.63) is 11.6 Å². The van der Waals surface area contributed by atoms with Crippen molar-refractivity contribution in [3.8, 4) is 0 Å². The van der Waals surface area contributed by atoms with Crippen molar-refractivity contribution >= 4 is 0 Å². The van der Waals surface area contributed by atoms with Gasteiger partial charge in [-0.1, -0.05) is 60.1 Å². The molecule has 0 amide bonds. The third kappa shape index (κ3) is 3.27. The molecule has 6 rings (SSSR count). The average Bonchev–Trinajstić information content (AvgIpc) is 2.81. The van der Waals surface area contributed by atoms with E-state index in [1.807, 2.05) is 0 Å². The Morgan fingerprint density at radius 2 is 1.62 bits per heavy atom. The van der Waals surface area contributed by atoms with E-state index in [4.69, 9.17) is 9.47 Å². The molecule has 1 heterocycles. The lowest BCUT2D eigenvalue weighted by molar-refractivity contribution is -0.333. The number of aliphatic hydroxyl groups is 3. The van der Waals surface area contributed by atoms with Crippen LogP contribution in [0.2, 0.25) is 0 Å². The van der Waals surface area contributed by atoms with Crippen molar-refractivity contribution in [1.29, 1.82) is 0 Å². The van der Waals surface area contributed by atoms with Gasteiger partial charge in [0.15, 0.2) is 6.29 Å². The Morgan fingerprint density at radius 3 is 2.32 bits per heavy atom. The Labute approximate surface area is 224 Å². The lowest BCUT2D eigenvalue weighted by Crippen LogP contribution is -2.71. The highest BCUT2D eigenvalue weighted by atomic mass is 16.7. The van der Waals surface area contributed by atoms with Gasteiger partial charge in [0.25, 0.3) is 0 Å². The minimum Gasteiger partial charge on any atom is -0.393 e. The molecular formula is C32H52O5. The minimum absolute atomic E-state index is 0.0595. The van der Waals surface area contributed by atoms with Crippen molar-refractivity contribution < 1.29 is 24.8 Å². The fourth-order valence-electron chi connectivity index (χ4n) is 11.6. The maximum atomic E-state index is 12.2. The predicted molar refractivity (Wildman–Crippen MR) is 144 cm³/mol. The smallest absolute Gasteiger partial charge is 0.180 e. The van der Waals surface area contributed by atoms with E-state index in [-0.39, 0.29) is 51.8 Å². The van der Waals surface area contributed by atoms with Gasteiger partial charge in [-0.25, -0.2) is 0 Å². The maximum Gasteiger partial charge on any atom is 0.180 e. The Morgan fingerprint density at radius 1 is 0.892 bits per heavy atom. The molecule has 1 aliphatic heterocycles. The molecule has 5 aliphatic carbocycles. The van der Waals surface area contributed by atoms with E-state index in [0.717, 1.165) is 51.4 Å². The third-order valence-corrected chi connectivity index (χ3v) is 13.8. The number of rotatable bonds is 1. The molecule has 0 aromatic carbocycles. The molecule has 5 heteroatoms. The van der Waals surface area contributed by atoms with Crippen LogP contribution in [-0.2, 0) is 9.47 Å². The van der Waals surface area contributed by atoms with Gasteiger partial charge < -0.3 is 24.8 Å². The summed E-state index contributed by atoms with van der Waals surface area (Å²) in [6.45, 7) is 17.2. The molecule has 5 fully saturated rings. The molecule has 1 saturated heterocycles. The van der Waals surface area contributed by atoms with Gasteiger partial charge in [0, 0.05) is 0 Å². The van der Waals surface area contributed by atoms with Crippen molar-refractivity contribution in [1.82, 2.24) is 0 Å². The van der Waals surface area contributed by atoms with Crippen LogP contribution in [-0.4, -0.2) is 53.1 Å². The summed E-state index contributed by atoms with van der Waals surface area (Å²) in [5.74, 6) is 1.29. The highest BCUT2D eigenvalue weighted by Gasteiger charge is 2.72. The molecular weight excluding hydrogens is 464 g/mol. The van der Waals surface area contributed by atoms with E-state index in [9.17, 15) is 15.3 Å². The van der Waals surface area contributed by atoms with E-state index in [0.29, 0.717) is 18.4 Å². The first-order chi connectivity index (χ1) is 17.2. The lowest BCUT2D eigenvalue weighted by atomic mass is 9.33. The second-order valence-electron chi connectivity index (χ2n) is 16.2.